The van der Waals surface area contributed by atoms with E-state index in [0.717, 1.165) is 5.56 Å². The van der Waals surface area contributed by atoms with Crippen molar-refractivity contribution in [2.45, 2.75) is 19.5 Å². The maximum absolute atomic E-state index is 12.3. The van der Waals surface area contributed by atoms with Crippen molar-refractivity contribution < 1.29 is 24.2 Å². The van der Waals surface area contributed by atoms with Crippen molar-refractivity contribution in [2.75, 3.05) is 14.2 Å². The Kier molecular flexibility index (Phi) is 5.41. The normalized spacial score (nSPS) is 11.6. The Morgan fingerprint density at radius 1 is 1.29 bits per heavy atom. The molecular formula is C16H19N3O5. The zero-order valence-electron chi connectivity index (χ0n) is 13.6. The lowest BCUT2D eigenvalue weighted by atomic mass is 10.1. The molecule has 2 rings (SSSR count). The minimum absolute atomic E-state index is 0.143. The summed E-state index contributed by atoms with van der Waals surface area (Å²) in [4.78, 5) is 22.9. The highest BCUT2D eigenvalue weighted by Crippen LogP contribution is 2.29. The summed E-state index contributed by atoms with van der Waals surface area (Å²) < 4.78 is 11.7. The molecule has 1 amide bonds. The molecule has 0 bridgehead atoms. The lowest BCUT2D eigenvalue weighted by Gasteiger charge is -2.17. The van der Waals surface area contributed by atoms with Crippen LogP contribution in [0.3, 0.4) is 0 Å². The van der Waals surface area contributed by atoms with Gasteiger partial charge in [0.1, 0.15) is 23.7 Å². The second kappa shape index (κ2) is 7.49. The van der Waals surface area contributed by atoms with Crippen LogP contribution in [-0.2, 0) is 11.3 Å². The van der Waals surface area contributed by atoms with E-state index in [4.69, 9.17) is 14.6 Å². The molecule has 24 heavy (non-hydrogen) atoms. The van der Waals surface area contributed by atoms with Crippen LogP contribution in [0.15, 0.2) is 30.5 Å². The summed E-state index contributed by atoms with van der Waals surface area (Å²) in [6.45, 7) is 1.51. The number of carbonyl (C=O) groups is 2. The van der Waals surface area contributed by atoms with Crippen LogP contribution in [0.1, 0.15) is 29.0 Å². The lowest BCUT2D eigenvalue weighted by Crippen LogP contribution is -2.27. The number of amides is 1. The molecule has 0 aliphatic carbocycles. The molecular weight excluding hydrogens is 314 g/mol. The van der Waals surface area contributed by atoms with E-state index < -0.39 is 11.9 Å². The number of aliphatic carboxylic acids is 1. The molecule has 1 aromatic heterocycles. The van der Waals surface area contributed by atoms with Gasteiger partial charge in [0.05, 0.1) is 20.3 Å². The highest BCUT2D eigenvalue weighted by Gasteiger charge is 2.18. The molecule has 128 valence electrons. The van der Waals surface area contributed by atoms with Gasteiger partial charge in [0.2, 0.25) is 0 Å². The quantitative estimate of drug-likeness (QED) is 0.795. The molecule has 8 heteroatoms. The van der Waals surface area contributed by atoms with E-state index in [1.165, 1.54) is 16.9 Å². The number of carboxylic acids is 1. The molecule has 0 fully saturated rings. The number of rotatable bonds is 7. The standard InChI is InChI=1S/C16H19N3O5/c1-10(12-8-11(23-2)4-5-14(12)24-3)17-16(22)13-6-7-19(18-13)9-15(20)21/h4-8,10H,9H2,1-3H3,(H,17,22)(H,20,21). The van der Waals surface area contributed by atoms with E-state index in [1.807, 2.05) is 6.92 Å². The van der Waals surface area contributed by atoms with Gasteiger partial charge >= 0.3 is 5.97 Å². The third-order valence-electron chi connectivity index (χ3n) is 3.42. The molecule has 0 saturated carbocycles. The summed E-state index contributed by atoms with van der Waals surface area (Å²) in [5, 5.41) is 15.5. The fraction of sp³-hybridized carbons (Fsp3) is 0.312. The first-order valence-electron chi connectivity index (χ1n) is 7.22. The first-order valence-corrected chi connectivity index (χ1v) is 7.22. The number of carboxylic acid groups (broad SMARTS) is 1. The smallest absolute Gasteiger partial charge is 0.325 e. The Morgan fingerprint density at radius 2 is 2.04 bits per heavy atom. The molecule has 1 atom stereocenters. The topological polar surface area (TPSA) is 103 Å². The first-order chi connectivity index (χ1) is 11.4. The molecule has 8 nitrogen and oxygen atoms in total. The van der Waals surface area contributed by atoms with Crippen molar-refractivity contribution in [3.63, 3.8) is 0 Å². The highest BCUT2D eigenvalue weighted by atomic mass is 16.5. The maximum Gasteiger partial charge on any atom is 0.325 e. The van der Waals surface area contributed by atoms with E-state index in [2.05, 4.69) is 10.4 Å². The fourth-order valence-corrected chi connectivity index (χ4v) is 2.24. The number of nitrogens with zero attached hydrogens (tertiary/aromatic N) is 2. The molecule has 0 radical (unpaired) electrons. The van der Waals surface area contributed by atoms with Crippen molar-refractivity contribution in [3.8, 4) is 11.5 Å². The monoisotopic (exact) mass is 333 g/mol. The maximum atomic E-state index is 12.3. The predicted molar refractivity (Wildman–Crippen MR) is 85.3 cm³/mol. The zero-order valence-corrected chi connectivity index (χ0v) is 13.6. The zero-order chi connectivity index (χ0) is 17.7. The van der Waals surface area contributed by atoms with Gasteiger partial charge < -0.3 is 19.9 Å². The van der Waals surface area contributed by atoms with Gasteiger partial charge in [0, 0.05) is 11.8 Å². The number of carbonyl (C=O) groups excluding carboxylic acids is 1. The van der Waals surface area contributed by atoms with Gasteiger partial charge in [-0.05, 0) is 31.2 Å². The van der Waals surface area contributed by atoms with Gasteiger partial charge in [0.25, 0.3) is 5.91 Å². The van der Waals surface area contributed by atoms with Crippen molar-refractivity contribution in [3.05, 3.63) is 41.7 Å². The van der Waals surface area contributed by atoms with Crippen LogP contribution in [0, 0.1) is 0 Å². The lowest BCUT2D eigenvalue weighted by molar-refractivity contribution is -0.137. The summed E-state index contributed by atoms with van der Waals surface area (Å²) in [5.41, 5.74) is 0.903. The largest absolute Gasteiger partial charge is 0.497 e. The molecule has 1 heterocycles. The SMILES string of the molecule is COc1ccc(OC)c(C(C)NC(=O)c2ccn(CC(=O)O)n2)c1. The van der Waals surface area contributed by atoms with E-state index in [1.54, 1.807) is 32.4 Å². The molecule has 1 unspecified atom stereocenters. The van der Waals surface area contributed by atoms with Crippen molar-refractivity contribution >= 4 is 11.9 Å². The molecule has 0 spiro atoms. The van der Waals surface area contributed by atoms with E-state index in [9.17, 15) is 9.59 Å². The van der Waals surface area contributed by atoms with E-state index in [-0.39, 0.29) is 18.3 Å². The predicted octanol–water partition coefficient (Wildman–Crippen LogP) is 1.48. The van der Waals surface area contributed by atoms with Gasteiger partial charge in [-0.3, -0.25) is 14.3 Å². The van der Waals surface area contributed by atoms with Crippen LogP contribution in [-0.4, -0.2) is 41.0 Å². The van der Waals surface area contributed by atoms with Crippen LogP contribution in [0.4, 0.5) is 0 Å². The Balaban J connectivity index is 2.14. The van der Waals surface area contributed by atoms with E-state index in [0.29, 0.717) is 11.5 Å². The van der Waals surface area contributed by atoms with Crippen molar-refractivity contribution in [1.29, 1.82) is 0 Å². The van der Waals surface area contributed by atoms with Gasteiger partial charge in [-0.2, -0.15) is 5.10 Å². The molecule has 0 aliphatic heterocycles. The summed E-state index contributed by atoms with van der Waals surface area (Å²) in [7, 11) is 3.11. The number of nitrogens with one attached hydrogen (secondary N) is 1. The van der Waals surface area contributed by atoms with Crippen molar-refractivity contribution in [1.82, 2.24) is 15.1 Å². The number of benzene rings is 1. The van der Waals surface area contributed by atoms with Crippen LogP contribution >= 0.6 is 0 Å². The number of aromatic nitrogens is 2. The van der Waals surface area contributed by atoms with Gasteiger partial charge in [-0.15, -0.1) is 0 Å². The average molecular weight is 333 g/mol. The third kappa shape index (κ3) is 4.03. The molecule has 0 aliphatic rings. The molecule has 2 N–H and O–H groups in total. The second-order valence-corrected chi connectivity index (χ2v) is 5.10. The number of hydrogen-bond acceptors (Lipinski definition) is 5. The Hall–Kier alpha value is -3.03. The third-order valence-corrected chi connectivity index (χ3v) is 3.42. The van der Waals surface area contributed by atoms with Crippen LogP contribution in [0.5, 0.6) is 11.5 Å². The fourth-order valence-electron chi connectivity index (χ4n) is 2.24. The molecule has 2 aromatic rings. The summed E-state index contributed by atoms with van der Waals surface area (Å²) in [6, 6.07) is 6.43. The van der Waals surface area contributed by atoms with E-state index >= 15 is 0 Å². The molecule has 1 aromatic carbocycles. The summed E-state index contributed by atoms with van der Waals surface area (Å²) in [5.74, 6) is -0.159. The minimum atomic E-state index is -1.03. The van der Waals surface area contributed by atoms with Gasteiger partial charge in [-0.1, -0.05) is 0 Å². The average Bonchev–Trinajstić information content (AvgIpc) is 3.01. The highest BCUT2D eigenvalue weighted by molar-refractivity contribution is 5.92. The van der Waals surface area contributed by atoms with Crippen LogP contribution < -0.4 is 14.8 Å². The number of hydrogen-bond donors (Lipinski definition) is 2. The minimum Gasteiger partial charge on any atom is -0.497 e. The number of methoxy groups -OCH3 is 2. The van der Waals surface area contributed by atoms with Gasteiger partial charge in [0.15, 0.2) is 0 Å². The van der Waals surface area contributed by atoms with Crippen LogP contribution in [0.2, 0.25) is 0 Å². The summed E-state index contributed by atoms with van der Waals surface area (Å²) in [6.07, 6.45) is 1.44. The second-order valence-electron chi connectivity index (χ2n) is 5.10. The van der Waals surface area contributed by atoms with Gasteiger partial charge in [-0.25, -0.2) is 0 Å². The Bertz CT molecular complexity index is 741. The van der Waals surface area contributed by atoms with Crippen LogP contribution in [0.25, 0.3) is 0 Å². The number of ether oxygens (including phenoxy) is 2. The Morgan fingerprint density at radius 3 is 2.67 bits per heavy atom. The Labute approximate surface area is 139 Å². The molecule has 0 saturated heterocycles. The first kappa shape index (κ1) is 17.3. The van der Waals surface area contributed by atoms with Crippen molar-refractivity contribution in [2.24, 2.45) is 0 Å². The summed E-state index contributed by atoms with van der Waals surface area (Å²) >= 11 is 0.